The van der Waals surface area contributed by atoms with Crippen LogP contribution in [0, 0.1) is 0 Å². The Labute approximate surface area is 177 Å². The average Bonchev–Trinajstić information content (AvgIpc) is 3.34. The molecule has 16 heteroatoms. The maximum atomic E-state index is 11.9. The van der Waals surface area contributed by atoms with Crippen LogP contribution in [-0.4, -0.2) is 68.9 Å². The highest BCUT2D eigenvalue weighted by Crippen LogP contribution is 2.49. The van der Waals surface area contributed by atoms with E-state index in [1.54, 1.807) is 10.6 Å². The fourth-order valence-corrected chi connectivity index (χ4v) is 4.02. The number of ether oxygens (including phenoxy) is 1. The molecule has 14 nitrogen and oxygen atoms in total. The number of hydrogen-bond acceptors (Lipinski definition) is 11. The number of imidazole rings is 1. The van der Waals surface area contributed by atoms with E-state index in [9.17, 15) is 18.9 Å². The quantitative estimate of drug-likeness (QED) is 0.313. The summed E-state index contributed by atoms with van der Waals surface area (Å²) in [6.07, 6.45) is 1.84. The predicted octanol–water partition coefficient (Wildman–Crippen LogP) is 1.61. The second kappa shape index (κ2) is 9.82. The zero-order valence-corrected chi connectivity index (χ0v) is 18.5. The predicted molar refractivity (Wildman–Crippen MR) is 107 cm³/mol. The minimum absolute atomic E-state index is 0.0789. The molecular weight excluding hydrogens is 456 g/mol. The average molecular weight is 479 g/mol. The lowest BCUT2D eigenvalue weighted by atomic mass is 10.2. The Morgan fingerprint density at radius 2 is 2.03 bits per heavy atom. The van der Waals surface area contributed by atoms with E-state index >= 15 is 0 Å². The first kappa shape index (κ1) is 23.9. The fraction of sp³-hybridized carbons (Fsp3) is 0.533. The monoisotopic (exact) mass is 479 g/mol. The van der Waals surface area contributed by atoms with Crippen LogP contribution in [0.2, 0.25) is 0 Å². The number of anilines is 1. The number of rotatable bonds is 11. The third-order valence-corrected chi connectivity index (χ3v) is 6.33. The number of phosphoric ester groups is 2. The zero-order chi connectivity index (χ0) is 22.6. The lowest BCUT2D eigenvalue weighted by molar-refractivity contribution is -0.0430. The van der Waals surface area contributed by atoms with Crippen molar-refractivity contribution < 1.29 is 41.7 Å². The van der Waals surface area contributed by atoms with Crippen LogP contribution in [0.3, 0.4) is 0 Å². The molecule has 2 aromatic rings. The van der Waals surface area contributed by atoms with Gasteiger partial charge in [0.2, 0.25) is 0 Å². The van der Waals surface area contributed by atoms with Crippen LogP contribution >= 0.6 is 15.6 Å². The number of aromatic nitrogens is 4. The Kier molecular flexibility index (Phi) is 7.58. The first-order valence-electron chi connectivity index (χ1n) is 8.97. The van der Waals surface area contributed by atoms with E-state index in [0.29, 0.717) is 23.5 Å². The molecule has 172 valence electrons. The molecule has 1 fully saturated rings. The van der Waals surface area contributed by atoms with E-state index in [1.807, 2.05) is 0 Å². The first-order valence-corrected chi connectivity index (χ1v) is 12.0. The Bertz CT molecular complexity index is 1020. The number of hydrogen-bond donors (Lipinski definition) is 3. The molecule has 0 bridgehead atoms. The van der Waals surface area contributed by atoms with Gasteiger partial charge in [0.15, 0.2) is 17.0 Å². The summed E-state index contributed by atoms with van der Waals surface area (Å²) in [5.41, 5.74) is 0.921. The van der Waals surface area contributed by atoms with Crippen molar-refractivity contribution in [3.05, 3.63) is 25.3 Å². The van der Waals surface area contributed by atoms with Crippen molar-refractivity contribution in [1.29, 1.82) is 0 Å². The summed E-state index contributed by atoms with van der Waals surface area (Å²) in [4.78, 5) is 31.9. The van der Waals surface area contributed by atoms with E-state index in [4.69, 9.17) is 13.8 Å². The molecule has 3 N–H and O–H groups in total. The van der Waals surface area contributed by atoms with Gasteiger partial charge >= 0.3 is 15.6 Å². The molecule has 0 aliphatic carbocycles. The number of nitrogens with zero attached hydrogens (tertiary/aromatic N) is 4. The summed E-state index contributed by atoms with van der Waals surface area (Å²) >= 11 is 0. The fourth-order valence-electron chi connectivity index (χ4n) is 2.93. The van der Waals surface area contributed by atoms with Gasteiger partial charge in [0, 0.05) is 27.2 Å². The zero-order valence-electron chi connectivity index (χ0n) is 16.7. The van der Waals surface area contributed by atoms with Crippen molar-refractivity contribution >= 4 is 32.6 Å². The minimum Gasteiger partial charge on any atom is -0.365 e. The molecule has 1 aliphatic heterocycles. The van der Waals surface area contributed by atoms with Crippen molar-refractivity contribution in [2.45, 2.75) is 24.9 Å². The van der Waals surface area contributed by atoms with Crippen LogP contribution < -0.4 is 5.32 Å². The highest BCUT2D eigenvalue weighted by Gasteiger charge is 2.43. The molecule has 3 rings (SSSR count). The number of phosphoric acid groups is 2. The van der Waals surface area contributed by atoms with Crippen molar-refractivity contribution in [2.24, 2.45) is 0 Å². The molecular formula is C15H23N5O9P2. The topological polar surface area (TPSA) is 176 Å². The lowest BCUT2D eigenvalue weighted by Gasteiger charge is -2.21. The van der Waals surface area contributed by atoms with E-state index in [1.165, 1.54) is 12.7 Å². The van der Waals surface area contributed by atoms with Crippen molar-refractivity contribution in [2.75, 3.05) is 32.7 Å². The first-order chi connectivity index (χ1) is 14.7. The summed E-state index contributed by atoms with van der Waals surface area (Å²) in [5.74, 6) is 0.495. The molecule has 0 radical (unpaired) electrons. The maximum absolute atomic E-state index is 11.9. The summed E-state index contributed by atoms with van der Waals surface area (Å²) in [7, 11) is -6.65. The van der Waals surface area contributed by atoms with Gasteiger partial charge in [-0.3, -0.25) is 22.7 Å². The highest BCUT2D eigenvalue weighted by molar-refractivity contribution is 7.47. The molecule has 2 aromatic heterocycles. The normalized spacial score (nSPS) is 25.2. The van der Waals surface area contributed by atoms with Gasteiger partial charge in [0.1, 0.15) is 24.8 Å². The SMILES string of the molecule is C=CCNc1ncnc2c1ncn2[C@H]1C[C@@H](OP(=O)(O)OC)[C@@H](COP(=O)(O)OC)O1. The van der Waals surface area contributed by atoms with Crippen LogP contribution in [0.4, 0.5) is 5.82 Å². The second-order valence-corrected chi connectivity index (χ2v) is 9.40. The largest absolute Gasteiger partial charge is 0.472 e. The van der Waals surface area contributed by atoms with Crippen LogP contribution in [-0.2, 0) is 32.0 Å². The highest BCUT2D eigenvalue weighted by atomic mass is 31.2. The molecule has 0 spiro atoms. The number of fused-ring (bicyclic) bond motifs is 1. The van der Waals surface area contributed by atoms with Gasteiger partial charge in [-0.2, -0.15) is 0 Å². The molecule has 2 unspecified atom stereocenters. The number of nitrogens with one attached hydrogen (secondary N) is 1. The minimum atomic E-state index is -4.37. The maximum Gasteiger partial charge on any atom is 0.472 e. The van der Waals surface area contributed by atoms with Crippen LogP contribution in [0.25, 0.3) is 11.2 Å². The Balaban J connectivity index is 1.85. The summed E-state index contributed by atoms with van der Waals surface area (Å²) in [5, 5.41) is 3.05. The molecule has 1 saturated heterocycles. The van der Waals surface area contributed by atoms with E-state index < -0.39 is 40.7 Å². The Morgan fingerprint density at radius 1 is 1.29 bits per heavy atom. The van der Waals surface area contributed by atoms with Gasteiger partial charge in [-0.15, -0.1) is 6.58 Å². The smallest absolute Gasteiger partial charge is 0.365 e. The molecule has 31 heavy (non-hydrogen) atoms. The molecule has 0 amide bonds. The van der Waals surface area contributed by atoms with E-state index in [2.05, 4.69) is 35.9 Å². The molecule has 1 aliphatic rings. The summed E-state index contributed by atoms with van der Waals surface area (Å²) in [6, 6.07) is 0. The third-order valence-electron chi connectivity index (χ3n) is 4.40. The molecule has 3 heterocycles. The van der Waals surface area contributed by atoms with Gasteiger partial charge in [0.05, 0.1) is 12.9 Å². The van der Waals surface area contributed by atoms with Crippen LogP contribution in [0.5, 0.6) is 0 Å². The van der Waals surface area contributed by atoms with E-state index in [-0.39, 0.29) is 6.42 Å². The van der Waals surface area contributed by atoms with Crippen molar-refractivity contribution in [3.8, 4) is 0 Å². The molecule has 0 saturated carbocycles. The second-order valence-electron chi connectivity index (χ2n) is 6.32. The van der Waals surface area contributed by atoms with Crippen molar-refractivity contribution in [3.63, 3.8) is 0 Å². The third kappa shape index (κ3) is 5.75. The Hall–Kier alpha value is -1.73. The Morgan fingerprint density at radius 3 is 2.71 bits per heavy atom. The summed E-state index contributed by atoms with van der Waals surface area (Å²) < 4.78 is 49.9. The standard InChI is InChI=1S/C15H23N5O9P2/c1-4-5-16-14-13-15(18-8-17-14)20(9-19-13)12-6-10(29-31(23,24)26-3)11(28-12)7-27-30(21,22)25-2/h4,8-12H,1,5-7H2,2-3H3,(H,21,22)(H,23,24)(H,16,17,18)/t10-,11-,12-/m1/s1. The van der Waals surface area contributed by atoms with Gasteiger partial charge < -0.3 is 19.8 Å². The van der Waals surface area contributed by atoms with Gasteiger partial charge in [-0.1, -0.05) is 6.08 Å². The van der Waals surface area contributed by atoms with Crippen LogP contribution in [0.15, 0.2) is 25.3 Å². The summed E-state index contributed by atoms with van der Waals surface area (Å²) in [6.45, 7) is 3.67. The van der Waals surface area contributed by atoms with E-state index in [0.717, 1.165) is 14.2 Å². The van der Waals surface area contributed by atoms with Gasteiger partial charge in [-0.05, 0) is 0 Å². The van der Waals surface area contributed by atoms with Gasteiger partial charge in [0.25, 0.3) is 0 Å². The van der Waals surface area contributed by atoms with Gasteiger partial charge in [-0.25, -0.2) is 24.1 Å². The lowest BCUT2D eigenvalue weighted by Crippen LogP contribution is -2.28. The molecule has 0 aromatic carbocycles. The van der Waals surface area contributed by atoms with Crippen LogP contribution in [0.1, 0.15) is 12.6 Å². The van der Waals surface area contributed by atoms with Crippen molar-refractivity contribution in [1.82, 2.24) is 19.5 Å². The molecule has 5 atom stereocenters.